The number of rotatable bonds is 6. The SMILES string of the molecule is CCC(=O)O[C@@H](CC)[C@H](C)C(=O)CC. The minimum Gasteiger partial charge on any atom is -0.462 e. The van der Waals surface area contributed by atoms with Gasteiger partial charge in [-0.3, -0.25) is 9.59 Å². The van der Waals surface area contributed by atoms with Gasteiger partial charge in [-0.25, -0.2) is 0 Å². The van der Waals surface area contributed by atoms with Gasteiger partial charge in [0.05, 0.1) is 5.92 Å². The molecule has 0 saturated heterocycles. The first-order chi connectivity index (χ1) is 6.56. The Morgan fingerprint density at radius 3 is 2.07 bits per heavy atom. The number of carbonyl (C=O) groups excluding carboxylic acids is 2. The molecule has 0 radical (unpaired) electrons. The lowest BCUT2D eigenvalue weighted by Gasteiger charge is -2.21. The van der Waals surface area contributed by atoms with Crippen LogP contribution in [-0.2, 0) is 14.3 Å². The average Bonchev–Trinajstić information content (AvgIpc) is 2.23. The summed E-state index contributed by atoms with van der Waals surface area (Å²) >= 11 is 0. The number of ether oxygens (including phenoxy) is 1. The van der Waals surface area contributed by atoms with Crippen LogP contribution in [-0.4, -0.2) is 17.9 Å². The monoisotopic (exact) mass is 200 g/mol. The third kappa shape index (κ3) is 3.90. The Bertz CT molecular complexity index is 199. The van der Waals surface area contributed by atoms with E-state index < -0.39 is 0 Å². The second-order valence-electron chi connectivity index (χ2n) is 3.40. The molecule has 0 aliphatic rings. The van der Waals surface area contributed by atoms with E-state index in [-0.39, 0.29) is 23.8 Å². The second kappa shape index (κ2) is 6.57. The van der Waals surface area contributed by atoms with Crippen LogP contribution in [0, 0.1) is 5.92 Å². The van der Waals surface area contributed by atoms with Gasteiger partial charge >= 0.3 is 5.97 Å². The lowest BCUT2D eigenvalue weighted by atomic mass is 9.96. The van der Waals surface area contributed by atoms with E-state index in [2.05, 4.69) is 0 Å². The Morgan fingerprint density at radius 1 is 1.14 bits per heavy atom. The molecule has 0 saturated carbocycles. The minimum atomic E-state index is -0.255. The largest absolute Gasteiger partial charge is 0.462 e. The highest BCUT2D eigenvalue weighted by atomic mass is 16.5. The van der Waals surface area contributed by atoms with Crippen molar-refractivity contribution in [1.82, 2.24) is 0 Å². The van der Waals surface area contributed by atoms with E-state index in [0.717, 1.165) is 0 Å². The van der Waals surface area contributed by atoms with Crippen LogP contribution in [0.15, 0.2) is 0 Å². The number of Topliss-reactive ketones (excluding diaryl/α,β-unsaturated/α-hetero) is 1. The first-order valence-electron chi connectivity index (χ1n) is 5.28. The molecule has 82 valence electrons. The highest BCUT2D eigenvalue weighted by Gasteiger charge is 2.23. The van der Waals surface area contributed by atoms with Crippen molar-refractivity contribution in [3.63, 3.8) is 0 Å². The fraction of sp³-hybridized carbons (Fsp3) is 0.818. The standard InChI is InChI=1S/C11H20O3/c1-5-9(12)8(4)10(6-2)14-11(13)7-3/h8,10H,5-7H2,1-4H3/t8-,10+/m1/s1. The fourth-order valence-electron chi connectivity index (χ4n) is 1.32. The smallest absolute Gasteiger partial charge is 0.305 e. The molecule has 0 fully saturated rings. The maximum absolute atomic E-state index is 11.4. The molecule has 0 unspecified atom stereocenters. The van der Waals surface area contributed by atoms with Crippen molar-refractivity contribution in [2.24, 2.45) is 5.92 Å². The molecule has 0 aliphatic heterocycles. The van der Waals surface area contributed by atoms with Gasteiger partial charge in [0.25, 0.3) is 0 Å². The summed E-state index contributed by atoms with van der Waals surface area (Å²) in [6.45, 7) is 7.32. The van der Waals surface area contributed by atoms with Crippen LogP contribution in [0.3, 0.4) is 0 Å². The quantitative estimate of drug-likeness (QED) is 0.618. The Balaban J connectivity index is 4.25. The van der Waals surface area contributed by atoms with Gasteiger partial charge in [0.1, 0.15) is 11.9 Å². The zero-order valence-corrected chi connectivity index (χ0v) is 9.50. The van der Waals surface area contributed by atoms with Gasteiger partial charge in [-0.05, 0) is 6.42 Å². The van der Waals surface area contributed by atoms with Crippen molar-refractivity contribution in [1.29, 1.82) is 0 Å². The summed E-state index contributed by atoms with van der Waals surface area (Å²) < 4.78 is 5.17. The lowest BCUT2D eigenvalue weighted by Crippen LogP contribution is -2.29. The molecule has 0 aromatic carbocycles. The predicted octanol–water partition coefficient (Wildman–Crippen LogP) is 2.33. The Morgan fingerprint density at radius 2 is 1.71 bits per heavy atom. The van der Waals surface area contributed by atoms with Gasteiger partial charge in [-0.1, -0.05) is 27.7 Å². The van der Waals surface area contributed by atoms with E-state index in [4.69, 9.17) is 4.74 Å². The van der Waals surface area contributed by atoms with E-state index in [1.807, 2.05) is 20.8 Å². The summed E-state index contributed by atoms with van der Waals surface area (Å²) in [7, 11) is 0. The van der Waals surface area contributed by atoms with Crippen LogP contribution < -0.4 is 0 Å². The summed E-state index contributed by atoms with van der Waals surface area (Å²) in [6, 6.07) is 0. The normalized spacial score (nSPS) is 14.6. The van der Waals surface area contributed by atoms with Crippen molar-refractivity contribution >= 4 is 11.8 Å². The van der Waals surface area contributed by atoms with Crippen LogP contribution in [0.1, 0.15) is 47.0 Å². The van der Waals surface area contributed by atoms with E-state index in [9.17, 15) is 9.59 Å². The maximum atomic E-state index is 11.4. The molecule has 14 heavy (non-hydrogen) atoms. The van der Waals surface area contributed by atoms with Crippen molar-refractivity contribution in [3.8, 4) is 0 Å². The highest BCUT2D eigenvalue weighted by Crippen LogP contribution is 2.14. The van der Waals surface area contributed by atoms with Gasteiger partial charge in [-0.15, -0.1) is 0 Å². The van der Waals surface area contributed by atoms with E-state index in [1.54, 1.807) is 6.92 Å². The minimum absolute atomic E-state index is 0.153. The Labute approximate surface area is 85.8 Å². The van der Waals surface area contributed by atoms with Gasteiger partial charge in [0.15, 0.2) is 0 Å². The molecule has 3 heteroatoms. The van der Waals surface area contributed by atoms with Crippen LogP contribution in [0.5, 0.6) is 0 Å². The number of hydrogen-bond acceptors (Lipinski definition) is 3. The van der Waals surface area contributed by atoms with Crippen molar-refractivity contribution in [2.45, 2.75) is 53.1 Å². The first-order valence-corrected chi connectivity index (χ1v) is 5.28. The van der Waals surface area contributed by atoms with Crippen molar-refractivity contribution in [2.75, 3.05) is 0 Å². The number of carbonyl (C=O) groups is 2. The number of hydrogen-bond donors (Lipinski definition) is 0. The predicted molar refractivity (Wildman–Crippen MR) is 54.9 cm³/mol. The van der Waals surface area contributed by atoms with E-state index in [0.29, 0.717) is 19.3 Å². The summed E-state index contributed by atoms with van der Waals surface area (Å²) in [5, 5.41) is 0. The first kappa shape index (κ1) is 13.1. The molecular formula is C11H20O3. The summed E-state index contributed by atoms with van der Waals surface area (Å²) in [6.07, 6.45) is 1.30. The molecular weight excluding hydrogens is 180 g/mol. The molecule has 0 aromatic rings. The zero-order chi connectivity index (χ0) is 11.1. The molecule has 0 rings (SSSR count). The summed E-state index contributed by atoms with van der Waals surface area (Å²) in [5.41, 5.74) is 0. The maximum Gasteiger partial charge on any atom is 0.305 e. The van der Waals surface area contributed by atoms with Gasteiger partial charge < -0.3 is 4.74 Å². The molecule has 0 spiro atoms. The number of esters is 1. The summed E-state index contributed by atoms with van der Waals surface area (Å²) in [4.78, 5) is 22.5. The van der Waals surface area contributed by atoms with Gasteiger partial charge in [0, 0.05) is 12.8 Å². The van der Waals surface area contributed by atoms with E-state index >= 15 is 0 Å². The number of ketones is 1. The van der Waals surface area contributed by atoms with Crippen LogP contribution in [0.2, 0.25) is 0 Å². The molecule has 0 aliphatic carbocycles. The average molecular weight is 200 g/mol. The highest BCUT2D eigenvalue weighted by molar-refractivity contribution is 5.81. The molecule has 0 bridgehead atoms. The Hall–Kier alpha value is -0.860. The third-order valence-electron chi connectivity index (χ3n) is 2.39. The lowest BCUT2D eigenvalue weighted by molar-refractivity contribution is -0.153. The molecule has 0 amide bonds. The van der Waals surface area contributed by atoms with Crippen LogP contribution in [0.25, 0.3) is 0 Å². The van der Waals surface area contributed by atoms with Crippen molar-refractivity contribution < 1.29 is 14.3 Å². The Kier molecular flexibility index (Phi) is 6.17. The van der Waals surface area contributed by atoms with Crippen LogP contribution >= 0.6 is 0 Å². The topological polar surface area (TPSA) is 43.4 Å². The fourth-order valence-corrected chi connectivity index (χ4v) is 1.32. The molecule has 0 N–H and O–H groups in total. The van der Waals surface area contributed by atoms with Crippen LogP contribution in [0.4, 0.5) is 0 Å². The second-order valence-corrected chi connectivity index (χ2v) is 3.40. The third-order valence-corrected chi connectivity index (χ3v) is 2.39. The van der Waals surface area contributed by atoms with Gasteiger partial charge in [0.2, 0.25) is 0 Å². The van der Waals surface area contributed by atoms with E-state index in [1.165, 1.54) is 0 Å². The molecule has 0 heterocycles. The zero-order valence-electron chi connectivity index (χ0n) is 9.50. The molecule has 2 atom stereocenters. The molecule has 0 aromatic heterocycles. The van der Waals surface area contributed by atoms with Gasteiger partial charge in [-0.2, -0.15) is 0 Å². The van der Waals surface area contributed by atoms with Crippen molar-refractivity contribution in [3.05, 3.63) is 0 Å². The summed E-state index contributed by atoms with van der Waals surface area (Å²) in [5.74, 6) is -0.256. The molecule has 3 nitrogen and oxygen atoms in total.